The SMILES string of the molecule is O=C1CCCN1S.[Ru]. The molecule has 0 aromatic carbocycles. The van der Waals surface area contributed by atoms with Crippen molar-refractivity contribution in [1.29, 1.82) is 0 Å². The molecule has 0 aromatic rings. The van der Waals surface area contributed by atoms with E-state index >= 15 is 0 Å². The van der Waals surface area contributed by atoms with Gasteiger partial charge in [-0.2, -0.15) is 0 Å². The molecule has 8 heavy (non-hydrogen) atoms. The summed E-state index contributed by atoms with van der Waals surface area (Å²) >= 11 is 3.87. The molecule has 1 heterocycles. The van der Waals surface area contributed by atoms with E-state index in [4.69, 9.17) is 0 Å². The van der Waals surface area contributed by atoms with Crippen LogP contribution in [0.1, 0.15) is 12.8 Å². The van der Waals surface area contributed by atoms with E-state index in [2.05, 4.69) is 12.8 Å². The van der Waals surface area contributed by atoms with Gasteiger partial charge in [0.25, 0.3) is 0 Å². The molecule has 0 atom stereocenters. The van der Waals surface area contributed by atoms with Gasteiger partial charge in [0, 0.05) is 32.4 Å². The molecular formula is C4H7NORuS. The average molecular weight is 218 g/mol. The Morgan fingerprint density at radius 1 is 1.62 bits per heavy atom. The molecule has 2 nitrogen and oxygen atoms in total. The molecule has 1 saturated heterocycles. The number of carbonyl (C=O) groups excluding carboxylic acids is 1. The minimum absolute atomic E-state index is 0. The predicted molar refractivity (Wildman–Crippen MR) is 29.9 cm³/mol. The van der Waals surface area contributed by atoms with Crippen LogP contribution in [0.15, 0.2) is 0 Å². The molecule has 0 N–H and O–H groups in total. The quantitative estimate of drug-likeness (QED) is 0.462. The van der Waals surface area contributed by atoms with Crippen LogP contribution in [0.5, 0.6) is 0 Å². The van der Waals surface area contributed by atoms with Crippen molar-refractivity contribution in [2.45, 2.75) is 12.8 Å². The molecule has 0 spiro atoms. The van der Waals surface area contributed by atoms with Crippen molar-refractivity contribution in [2.75, 3.05) is 6.54 Å². The molecule has 4 heteroatoms. The number of hydrogen-bond acceptors (Lipinski definition) is 2. The van der Waals surface area contributed by atoms with Crippen LogP contribution in [-0.4, -0.2) is 16.8 Å². The number of nitrogens with zero attached hydrogens (tertiary/aromatic N) is 1. The molecule has 0 aliphatic carbocycles. The van der Waals surface area contributed by atoms with E-state index in [1.165, 1.54) is 4.31 Å². The van der Waals surface area contributed by atoms with E-state index < -0.39 is 0 Å². The first kappa shape index (κ1) is 8.44. The summed E-state index contributed by atoms with van der Waals surface area (Å²) in [5.74, 6) is 0.156. The van der Waals surface area contributed by atoms with Crippen molar-refractivity contribution in [2.24, 2.45) is 0 Å². The summed E-state index contributed by atoms with van der Waals surface area (Å²) in [5, 5.41) is 0. The van der Waals surface area contributed by atoms with Gasteiger partial charge in [-0.1, -0.05) is 12.8 Å². The fourth-order valence-corrected chi connectivity index (χ4v) is 0.875. The van der Waals surface area contributed by atoms with Crippen LogP contribution in [-0.2, 0) is 24.3 Å². The van der Waals surface area contributed by atoms with E-state index in [0.29, 0.717) is 6.42 Å². The predicted octanol–water partition coefficient (Wildman–Crippen LogP) is 0.451. The number of hydrogen-bond donors (Lipinski definition) is 1. The third-order valence-electron chi connectivity index (χ3n) is 1.05. The molecule has 1 amide bonds. The Morgan fingerprint density at radius 3 is 2.38 bits per heavy atom. The van der Waals surface area contributed by atoms with Gasteiger partial charge in [0.05, 0.1) is 0 Å². The zero-order valence-corrected chi connectivity index (χ0v) is 6.91. The van der Waals surface area contributed by atoms with Crippen LogP contribution in [0, 0.1) is 0 Å². The standard InChI is InChI=1S/C4H7NOS.Ru/c6-4-2-1-3-5(4)7;/h7H,1-3H2;. The van der Waals surface area contributed by atoms with Gasteiger partial charge >= 0.3 is 0 Å². The summed E-state index contributed by atoms with van der Waals surface area (Å²) in [6.07, 6.45) is 1.66. The molecule has 0 bridgehead atoms. The van der Waals surface area contributed by atoms with Gasteiger partial charge in [-0.3, -0.25) is 9.10 Å². The van der Waals surface area contributed by atoms with Crippen LogP contribution in [0.25, 0.3) is 0 Å². The summed E-state index contributed by atoms with van der Waals surface area (Å²) in [7, 11) is 0. The first-order valence-electron chi connectivity index (χ1n) is 2.30. The Bertz CT molecular complexity index is 98.0. The van der Waals surface area contributed by atoms with Crippen LogP contribution >= 0.6 is 12.8 Å². The number of rotatable bonds is 0. The number of thiol groups is 1. The molecule has 1 fully saturated rings. The topological polar surface area (TPSA) is 20.3 Å². The summed E-state index contributed by atoms with van der Waals surface area (Å²) in [4.78, 5) is 10.4. The molecule has 0 unspecified atom stereocenters. The summed E-state index contributed by atoms with van der Waals surface area (Å²) in [6.45, 7) is 0.821. The minimum Gasteiger partial charge on any atom is -0.289 e. The second-order valence-electron chi connectivity index (χ2n) is 1.62. The fraction of sp³-hybridized carbons (Fsp3) is 0.750. The van der Waals surface area contributed by atoms with E-state index in [1.54, 1.807) is 0 Å². The summed E-state index contributed by atoms with van der Waals surface area (Å²) in [5.41, 5.74) is 0. The van der Waals surface area contributed by atoms with Crippen LogP contribution in [0.4, 0.5) is 0 Å². The van der Waals surface area contributed by atoms with E-state index in [0.717, 1.165) is 13.0 Å². The van der Waals surface area contributed by atoms with Gasteiger partial charge in [-0.15, -0.1) is 0 Å². The maximum atomic E-state index is 10.4. The van der Waals surface area contributed by atoms with Crippen molar-refractivity contribution < 1.29 is 24.3 Å². The minimum atomic E-state index is 0. The molecular weight excluding hydrogens is 211 g/mol. The van der Waals surface area contributed by atoms with Gasteiger partial charge in [0.1, 0.15) is 0 Å². The average Bonchev–Trinajstić information content (AvgIpc) is 1.91. The smallest absolute Gasteiger partial charge is 0.232 e. The molecule has 0 saturated carbocycles. The third kappa shape index (κ3) is 1.75. The molecule has 0 aromatic heterocycles. The maximum Gasteiger partial charge on any atom is 0.232 e. The van der Waals surface area contributed by atoms with Crippen LogP contribution in [0.3, 0.4) is 0 Å². The molecule has 1 aliphatic rings. The van der Waals surface area contributed by atoms with Gasteiger partial charge < -0.3 is 0 Å². The Kier molecular flexibility index (Phi) is 3.66. The van der Waals surface area contributed by atoms with Crippen molar-refractivity contribution in [3.63, 3.8) is 0 Å². The Morgan fingerprint density at radius 2 is 2.25 bits per heavy atom. The third-order valence-corrected chi connectivity index (χ3v) is 1.47. The Balaban J connectivity index is 0.000000490. The van der Waals surface area contributed by atoms with Crippen LogP contribution < -0.4 is 0 Å². The molecule has 48 valence electrons. The van der Waals surface area contributed by atoms with Gasteiger partial charge in [-0.05, 0) is 6.42 Å². The summed E-state index contributed by atoms with van der Waals surface area (Å²) < 4.78 is 1.46. The zero-order valence-electron chi connectivity index (χ0n) is 4.28. The summed E-state index contributed by atoms with van der Waals surface area (Å²) in [6, 6.07) is 0. The van der Waals surface area contributed by atoms with Crippen molar-refractivity contribution in [3.8, 4) is 0 Å². The van der Waals surface area contributed by atoms with E-state index in [9.17, 15) is 4.79 Å². The molecule has 1 rings (SSSR count). The second kappa shape index (κ2) is 3.47. The van der Waals surface area contributed by atoms with Crippen molar-refractivity contribution in [3.05, 3.63) is 0 Å². The largest absolute Gasteiger partial charge is 0.289 e. The first-order valence-corrected chi connectivity index (χ1v) is 2.70. The van der Waals surface area contributed by atoms with Crippen molar-refractivity contribution in [1.82, 2.24) is 4.31 Å². The number of carbonyl (C=O) groups is 1. The Hall–Kier alpha value is 0.443. The zero-order chi connectivity index (χ0) is 5.28. The van der Waals surface area contributed by atoms with Crippen LogP contribution in [0.2, 0.25) is 0 Å². The van der Waals surface area contributed by atoms with Crippen molar-refractivity contribution >= 4 is 18.7 Å². The normalized spacial score (nSPS) is 18.6. The van der Waals surface area contributed by atoms with E-state index in [1.807, 2.05) is 0 Å². The Labute approximate surface area is 66.9 Å². The first-order chi connectivity index (χ1) is 3.30. The maximum absolute atomic E-state index is 10.4. The van der Waals surface area contributed by atoms with Gasteiger partial charge in [0.2, 0.25) is 5.91 Å². The fourth-order valence-electron chi connectivity index (χ4n) is 0.634. The van der Waals surface area contributed by atoms with E-state index in [-0.39, 0.29) is 25.4 Å². The van der Waals surface area contributed by atoms with Gasteiger partial charge in [-0.25, -0.2) is 0 Å². The number of amides is 1. The van der Waals surface area contributed by atoms with Gasteiger partial charge in [0.15, 0.2) is 0 Å². The molecule has 1 aliphatic heterocycles. The molecule has 0 radical (unpaired) electrons. The second-order valence-corrected chi connectivity index (χ2v) is 2.10. The monoisotopic (exact) mass is 219 g/mol.